The summed E-state index contributed by atoms with van der Waals surface area (Å²) in [6.07, 6.45) is 0.0769. The van der Waals surface area contributed by atoms with Crippen molar-refractivity contribution in [2.45, 2.75) is 19.3 Å². The lowest BCUT2D eigenvalue weighted by atomic mass is 9.85. The minimum absolute atomic E-state index is 0.0769. The summed E-state index contributed by atoms with van der Waals surface area (Å²) in [5.41, 5.74) is 2.68. The Labute approximate surface area is 167 Å². The van der Waals surface area contributed by atoms with Gasteiger partial charge in [0.1, 0.15) is 11.6 Å². The molecule has 1 N–H and O–H groups in total. The second kappa shape index (κ2) is 7.13. The van der Waals surface area contributed by atoms with Gasteiger partial charge in [-0.3, -0.25) is 9.59 Å². The highest BCUT2D eigenvalue weighted by molar-refractivity contribution is 6.31. The minimum atomic E-state index is -0.603. The van der Waals surface area contributed by atoms with Gasteiger partial charge >= 0.3 is 0 Å². The summed E-state index contributed by atoms with van der Waals surface area (Å²) >= 11 is 6.04. The Kier molecular flexibility index (Phi) is 4.65. The Hall–Kier alpha value is -3.12. The van der Waals surface area contributed by atoms with Gasteiger partial charge in [0.25, 0.3) is 0 Å². The average Bonchev–Trinajstić information content (AvgIpc) is 3.03. The number of aryl methyl sites for hydroxylation is 1. The van der Waals surface area contributed by atoms with Crippen molar-refractivity contribution in [3.8, 4) is 11.4 Å². The predicted molar refractivity (Wildman–Crippen MR) is 107 cm³/mol. The van der Waals surface area contributed by atoms with Crippen LogP contribution < -0.4 is 10.1 Å². The molecule has 0 spiro atoms. The number of carbonyl (C=O) groups excluding carboxylic acids is 2. The number of nitrogens with one attached hydrogen (secondary N) is 1. The van der Waals surface area contributed by atoms with Crippen molar-refractivity contribution in [2.24, 2.45) is 0 Å². The summed E-state index contributed by atoms with van der Waals surface area (Å²) in [5, 5.41) is 7.94. The molecule has 1 aliphatic rings. The van der Waals surface area contributed by atoms with Gasteiger partial charge in [-0.15, -0.1) is 0 Å². The van der Waals surface area contributed by atoms with E-state index in [0.717, 1.165) is 17.0 Å². The number of ketones is 1. The third-order valence-corrected chi connectivity index (χ3v) is 5.08. The first-order valence-corrected chi connectivity index (χ1v) is 9.19. The molecule has 2 aromatic carbocycles. The van der Waals surface area contributed by atoms with Crippen molar-refractivity contribution in [2.75, 3.05) is 12.4 Å². The van der Waals surface area contributed by atoms with Crippen LogP contribution in [0, 0.1) is 6.92 Å². The number of carbonyl (C=O) groups is 2. The third-order valence-electron chi connectivity index (χ3n) is 4.85. The number of anilines is 1. The topological polar surface area (TPSA) is 73.2 Å². The quantitative estimate of drug-likeness (QED) is 0.673. The van der Waals surface area contributed by atoms with Gasteiger partial charge in [-0.05, 0) is 43.3 Å². The van der Waals surface area contributed by atoms with Gasteiger partial charge in [0.05, 0.1) is 24.4 Å². The van der Waals surface area contributed by atoms with E-state index in [-0.39, 0.29) is 18.1 Å². The molecule has 1 aliphatic heterocycles. The predicted octanol–water partition coefficient (Wildman–Crippen LogP) is 4.15. The molecule has 6 nitrogen and oxygen atoms in total. The fourth-order valence-corrected chi connectivity index (χ4v) is 3.71. The lowest BCUT2D eigenvalue weighted by Crippen LogP contribution is -2.28. The van der Waals surface area contributed by atoms with Crippen LogP contribution in [0.2, 0.25) is 5.02 Å². The molecule has 0 fully saturated rings. The van der Waals surface area contributed by atoms with Gasteiger partial charge in [-0.25, -0.2) is 4.68 Å². The SMILES string of the molecule is COc1ccc(-n2nc(C)c3c2NC(=O)C[C@@H]3C(=O)c2cccc(Cl)c2)cc1. The number of fused-ring (bicyclic) bond motifs is 1. The van der Waals surface area contributed by atoms with Crippen LogP contribution in [-0.2, 0) is 4.79 Å². The zero-order valence-corrected chi connectivity index (χ0v) is 16.2. The number of nitrogens with zero attached hydrogens (tertiary/aromatic N) is 2. The van der Waals surface area contributed by atoms with Crippen LogP contribution in [0.25, 0.3) is 5.69 Å². The number of hydrogen-bond acceptors (Lipinski definition) is 4. The van der Waals surface area contributed by atoms with Gasteiger partial charge in [-0.2, -0.15) is 5.10 Å². The number of halogens is 1. The smallest absolute Gasteiger partial charge is 0.226 e. The van der Waals surface area contributed by atoms with Crippen LogP contribution in [0.15, 0.2) is 48.5 Å². The highest BCUT2D eigenvalue weighted by Crippen LogP contribution is 2.38. The lowest BCUT2D eigenvalue weighted by molar-refractivity contribution is -0.116. The lowest BCUT2D eigenvalue weighted by Gasteiger charge is -2.23. The highest BCUT2D eigenvalue weighted by atomic mass is 35.5. The fraction of sp³-hybridized carbons (Fsp3) is 0.190. The maximum Gasteiger partial charge on any atom is 0.226 e. The first-order valence-electron chi connectivity index (χ1n) is 8.81. The number of ether oxygens (including phenoxy) is 1. The van der Waals surface area contributed by atoms with Crippen molar-refractivity contribution in [1.82, 2.24) is 9.78 Å². The average molecular weight is 396 g/mol. The molecule has 4 rings (SSSR count). The van der Waals surface area contributed by atoms with Crippen molar-refractivity contribution in [1.29, 1.82) is 0 Å². The molecule has 28 heavy (non-hydrogen) atoms. The zero-order valence-electron chi connectivity index (χ0n) is 15.4. The van der Waals surface area contributed by atoms with Crippen LogP contribution >= 0.6 is 11.6 Å². The van der Waals surface area contributed by atoms with E-state index in [0.29, 0.717) is 22.1 Å². The molecule has 1 amide bonds. The number of methoxy groups -OCH3 is 1. The molecule has 1 atom stereocenters. The molecule has 0 radical (unpaired) electrons. The van der Waals surface area contributed by atoms with E-state index >= 15 is 0 Å². The number of benzene rings is 2. The van der Waals surface area contributed by atoms with E-state index in [1.165, 1.54) is 0 Å². The van der Waals surface area contributed by atoms with E-state index in [1.807, 2.05) is 31.2 Å². The van der Waals surface area contributed by atoms with Gasteiger partial charge in [0.2, 0.25) is 5.91 Å². The fourth-order valence-electron chi connectivity index (χ4n) is 3.52. The second-order valence-electron chi connectivity index (χ2n) is 6.64. The zero-order chi connectivity index (χ0) is 19.8. The Morgan fingerprint density at radius 3 is 2.68 bits per heavy atom. The number of hydrogen-bond donors (Lipinski definition) is 1. The van der Waals surface area contributed by atoms with Gasteiger partial charge in [0.15, 0.2) is 5.78 Å². The molecule has 0 aliphatic carbocycles. The second-order valence-corrected chi connectivity index (χ2v) is 7.07. The third kappa shape index (κ3) is 3.16. The summed E-state index contributed by atoms with van der Waals surface area (Å²) in [6.45, 7) is 1.84. The first-order chi connectivity index (χ1) is 13.5. The number of amides is 1. The van der Waals surface area contributed by atoms with Crippen LogP contribution in [0.4, 0.5) is 5.82 Å². The number of rotatable bonds is 4. The highest BCUT2D eigenvalue weighted by Gasteiger charge is 2.36. The van der Waals surface area contributed by atoms with Crippen molar-refractivity contribution >= 4 is 29.1 Å². The maximum atomic E-state index is 13.1. The van der Waals surface area contributed by atoms with Crippen molar-refractivity contribution < 1.29 is 14.3 Å². The van der Waals surface area contributed by atoms with E-state index in [1.54, 1.807) is 36.1 Å². The number of aromatic nitrogens is 2. The van der Waals surface area contributed by atoms with Crippen LogP contribution in [-0.4, -0.2) is 28.6 Å². The van der Waals surface area contributed by atoms with Crippen LogP contribution in [0.1, 0.15) is 34.0 Å². The molecule has 3 aromatic rings. The van der Waals surface area contributed by atoms with Crippen LogP contribution in [0.5, 0.6) is 5.75 Å². The van der Waals surface area contributed by atoms with Gasteiger partial charge < -0.3 is 10.1 Å². The van der Waals surface area contributed by atoms with E-state index < -0.39 is 5.92 Å². The number of Topliss-reactive ketones (excluding diaryl/α,β-unsaturated/α-hetero) is 1. The molecular formula is C21H18ClN3O3. The molecule has 2 heterocycles. The molecule has 1 aromatic heterocycles. The maximum absolute atomic E-state index is 13.1. The first kappa shape index (κ1) is 18.3. The monoisotopic (exact) mass is 395 g/mol. The van der Waals surface area contributed by atoms with Gasteiger partial charge in [-0.1, -0.05) is 23.7 Å². The Bertz CT molecular complexity index is 1070. The molecule has 142 valence electrons. The summed E-state index contributed by atoms with van der Waals surface area (Å²) in [7, 11) is 1.60. The van der Waals surface area contributed by atoms with E-state index in [2.05, 4.69) is 10.4 Å². The standard InChI is InChI=1S/C21H18ClN3O3/c1-12-19-17(20(27)13-4-3-5-14(22)10-13)11-18(26)23-21(19)25(24-12)15-6-8-16(28-2)9-7-15/h3-10,17H,11H2,1-2H3,(H,23,26)/t17-/m0/s1. The molecule has 0 saturated carbocycles. The molecule has 0 unspecified atom stereocenters. The summed E-state index contributed by atoms with van der Waals surface area (Å²) < 4.78 is 6.84. The molecule has 0 bridgehead atoms. The Morgan fingerprint density at radius 2 is 2.00 bits per heavy atom. The van der Waals surface area contributed by atoms with Crippen molar-refractivity contribution in [3.05, 3.63) is 70.4 Å². The summed E-state index contributed by atoms with van der Waals surface area (Å²) in [4.78, 5) is 25.5. The van der Waals surface area contributed by atoms with Gasteiger partial charge in [0, 0.05) is 22.6 Å². The Morgan fingerprint density at radius 1 is 1.25 bits per heavy atom. The molecule has 7 heteroatoms. The largest absolute Gasteiger partial charge is 0.497 e. The Balaban J connectivity index is 1.79. The van der Waals surface area contributed by atoms with Crippen LogP contribution in [0.3, 0.4) is 0 Å². The molecule has 0 saturated heterocycles. The van der Waals surface area contributed by atoms with Crippen molar-refractivity contribution in [3.63, 3.8) is 0 Å². The summed E-state index contributed by atoms with van der Waals surface area (Å²) in [5.74, 6) is 0.284. The van der Waals surface area contributed by atoms with E-state index in [4.69, 9.17) is 16.3 Å². The minimum Gasteiger partial charge on any atom is -0.497 e. The molecular weight excluding hydrogens is 378 g/mol. The summed E-state index contributed by atoms with van der Waals surface area (Å²) in [6, 6.07) is 14.1. The van der Waals surface area contributed by atoms with E-state index in [9.17, 15) is 9.59 Å². The normalized spacial score (nSPS) is 15.7.